The molecule has 0 atom stereocenters. The van der Waals surface area contributed by atoms with Crippen molar-refractivity contribution < 1.29 is 8.78 Å². The summed E-state index contributed by atoms with van der Waals surface area (Å²) in [7, 11) is 0. The Balaban J connectivity index is 1.87. The van der Waals surface area contributed by atoms with Gasteiger partial charge in [0, 0.05) is 18.5 Å². The number of hydrogen-bond acceptors (Lipinski definition) is 1. The van der Waals surface area contributed by atoms with Crippen LogP contribution in [0.5, 0.6) is 0 Å². The van der Waals surface area contributed by atoms with Crippen molar-refractivity contribution in [3.63, 3.8) is 0 Å². The molecule has 3 nitrogen and oxygen atoms in total. The maximum Gasteiger partial charge on any atom is 0.191 e. The number of aliphatic imine (C=N–C) groups is 1. The Morgan fingerprint density at radius 2 is 1.90 bits per heavy atom. The molecule has 1 aliphatic heterocycles. The van der Waals surface area contributed by atoms with Gasteiger partial charge >= 0.3 is 0 Å². The zero-order valence-corrected chi connectivity index (χ0v) is 12.1. The molecule has 5 heteroatoms. The Kier molecular flexibility index (Phi) is 3.83. The smallest absolute Gasteiger partial charge is 0.191 e. The predicted molar refractivity (Wildman–Crippen MR) is 79.2 cm³/mol. The highest BCUT2D eigenvalue weighted by molar-refractivity contribution is 5.78. The molecule has 0 bridgehead atoms. The minimum absolute atomic E-state index is 0.401. The Morgan fingerprint density at radius 1 is 1.19 bits per heavy atom. The van der Waals surface area contributed by atoms with E-state index in [4.69, 9.17) is 5.73 Å². The maximum absolute atomic E-state index is 14.2. The second-order valence-electron chi connectivity index (χ2n) is 6.10. The molecule has 114 valence electrons. The topological polar surface area (TPSA) is 41.6 Å². The molecule has 1 aromatic rings. The molecule has 0 radical (unpaired) electrons. The van der Waals surface area contributed by atoms with Crippen molar-refractivity contribution in [1.29, 1.82) is 0 Å². The highest BCUT2D eigenvalue weighted by Crippen LogP contribution is 2.42. The van der Waals surface area contributed by atoms with Crippen LogP contribution in [-0.2, 0) is 5.41 Å². The Morgan fingerprint density at radius 3 is 2.52 bits per heavy atom. The summed E-state index contributed by atoms with van der Waals surface area (Å²) < 4.78 is 27.7. The first-order valence-electron chi connectivity index (χ1n) is 7.62. The monoisotopic (exact) mass is 293 g/mol. The van der Waals surface area contributed by atoms with E-state index in [0.717, 1.165) is 45.2 Å². The standard InChI is InChI=1S/C16H21F2N3/c17-13-6-3-5-12(14(13)18)16(7-1-2-8-16)11-20-15(19)21-9-4-10-21/h3,5-6H,1-2,4,7-11H2,(H2,19,20). The Hall–Kier alpha value is -1.65. The molecular weight excluding hydrogens is 272 g/mol. The minimum atomic E-state index is -0.779. The number of likely N-dealkylation sites (tertiary alicyclic amines) is 1. The fourth-order valence-corrected chi connectivity index (χ4v) is 3.36. The van der Waals surface area contributed by atoms with Crippen molar-refractivity contribution in [2.45, 2.75) is 37.5 Å². The fraction of sp³-hybridized carbons (Fsp3) is 0.562. The zero-order valence-electron chi connectivity index (χ0n) is 12.1. The number of halogens is 2. The van der Waals surface area contributed by atoms with Crippen LogP contribution in [0.25, 0.3) is 0 Å². The first-order valence-corrected chi connectivity index (χ1v) is 7.62. The van der Waals surface area contributed by atoms with Crippen LogP contribution in [0.4, 0.5) is 8.78 Å². The van der Waals surface area contributed by atoms with Crippen molar-refractivity contribution in [3.05, 3.63) is 35.4 Å². The molecule has 1 saturated heterocycles. The molecule has 1 saturated carbocycles. The van der Waals surface area contributed by atoms with Crippen molar-refractivity contribution in [1.82, 2.24) is 4.90 Å². The molecule has 2 aliphatic rings. The number of nitrogens with two attached hydrogens (primary N) is 1. The van der Waals surface area contributed by atoms with Crippen LogP contribution < -0.4 is 5.73 Å². The molecule has 1 heterocycles. The van der Waals surface area contributed by atoms with Gasteiger partial charge < -0.3 is 10.6 Å². The molecule has 1 aromatic carbocycles. The number of nitrogens with zero attached hydrogens (tertiary/aromatic N) is 2. The molecular formula is C16H21F2N3. The lowest BCUT2D eigenvalue weighted by Gasteiger charge is -2.33. The summed E-state index contributed by atoms with van der Waals surface area (Å²) in [6.45, 7) is 2.32. The van der Waals surface area contributed by atoms with Crippen LogP contribution >= 0.6 is 0 Å². The van der Waals surface area contributed by atoms with E-state index in [1.165, 1.54) is 6.07 Å². The van der Waals surface area contributed by atoms with Gasteiger partial charge in [0.05, 0.1) is 6.54 Å². The van der Waals surface area contributed by atoms with Crippen LogP contribution in [0, 0.1) is 11.6 Å². The molecule has 0 spiro atoms. The van der Waals surface area contributed by atoms with E-state index in [1.54, 1.807) is 12.1 Å². The first kappa shape index (κ1) is 14.3. The predicted octanol–water partition coefficient (Wildman–Crippen LogP) is 2.80. The SMILES string of the molecule is NC(=NCC1(c2cccc(F)c2F)CCCC1)N1CCC1. The van der Waals surface area contributed by atoms with Crippen molar-refractivity contribution in [2.24, 2.45) is 10.7 Å². The molecule has 0 aromatic heterocycles. The Bertz CT molecular complexity index is 546. The van der Waals surface area contributed by atoms with E-state index in [0.29, 0.717) is 18.1 Å². The summed E-state index contributed by atoms with van der Waals surface area (Å²) in [6.07, 6.45) is 4.86. The van der Waals surface area contributed by atoms with E-state index in [2.05, 4.69) is 4.99 Å². The third-order valence-electron chi connectivity index (χ3n) is 4.81. The maximum atomic E-state index is 14.2. The summed E-state index contributed by atoms with van der Waals surface area (Å²) in [5.41, 5.74) is 6.03. The second kappa shape index (κ2) is 5.62. The number of guanidine groups is 1. The van der Waals surface area contributed by atoms with Gasteiger partial charge in [-0.2, -0.15) is 0 Å². The van der Waals surface area contributed by atoms with Crippen molar-refractivity contribution in [3.8, 4) is 0 Å². The third-order valence-corrected chi connectivity index (χ3v) is 4.81. The Labute approximate surface area is 123 Å². The summed E-state index contributed by atoms with van der Waals surface area (Å²) in [5.74, 6) is -0.972. The van der Waals surface area contributed by atoms with E-state index < -0.39 is 17.0 Å². The first-order chi connectivity index (χ1) is 10.1. The minimum Gasteiger partial charge on any atom is -0.370 e. The molecule has 21 heavy (non-hydrogen) atoms. The van der Waals surface area contributed by atoms with Gasteiger partial charge in [-0.05, 0) is 30.9 Å². The lowest BCUT2D eigenvalue weighted by Crippen LogP contribution is -2.47. The third kappa shape index (κ3) is 2.61. The normalized spacial score (nSPS) is 21.4. The average molecular weight is 293 g/mol. The van der Waals surface area contributed by atoms with Crippen LogP contribution in [-0.4, -0.2) is 30.5 Å². The van der Waals surface area contributed by atoms with Crippen molar-refractivity contribution in [2.75, 3.05) is 19.6 Å². The van der Waals surface area contributed by atoms with E-state index in [1.807, 2.05) is 4.90 Å². The molecule has 3 rings (SSSR count). The van der Waals surface area contributed by atoms with Gasteiger partial charge in [0.15, 0.2) is 17.6 Å². The molecule has 0 unspecified atom stereocenters. The van der Waals surface area contributed by atoms with E-state index in [9.17, 15) is 8.78 Å². The summed E-state index contributed by atoms with van der Waals surface area (Å²) >= 11 is 0. The van der Waals surface area contributed by atoms with Crippen LogP contribution in [0.15, 0.2) is 23.2 Å². The van der Waals surface area contributed by atoms with Gasteiger partial charge in [0.2, 0.25) is 0 Å². The molecule has 1 aliphatic carbocycles. The molecule has 2 N–H and O–H groups in total. The lowest BCUT2D eigenvalue weighted by molar-refractivity contribution is 0.294. The number of rotatable bonds is 3. The van der Waals surface area contributed by atoms with Gasteiger partial charge in [-0.25, -0.2) is 8.78 Å². The van der Waals surface area contributed by atoms with Crippen LogP contribution in [0.2, 0.25) is 0 Å². The van der Waals surface area contributed by atoms with Gasteiger partial charge in [-0.1, -0.05) is 25.0 Å². The summed E-state index contributed by atoms with van der Waals surface area (Å²) in [5, 5.41) is 0. The fourth-order valence-electron chi connectivity index (χ4n) is 3.36. The van der Waals surface area contributed by atoms with E-state index in [-0.39, 0.29) is 0 Å². The van der Waals surface area contributed by atoms with Crippen LogP contribution in [0.3, 0.4) is 0 Å². The lowest BCUT2D eigenvalue weighted by atomic mass is 9.78. The second-order valence-corrected chi connectivity index (χ2v) is 6.10. The largest absolute Gasteiger partial charge is 0.370 e. The quantitative estimate of drug-likeness (QED) is 0.688. The van der Waals surface area contributed by atoms with Crippen molar-refractivity contribution >= 4 is 5.96 Å². The van der Waals surface area contributed by atoms with E-state index >= 15 is 0 Å². The summed E-state index contributed by atoms with van der Waals surface area (Å²) in [4.78, 5) is 6.50. The van der Waals surface area contributed by atoms with Crippen LogP contribution in [0.1, 0.15) is 37.7 Å². The highest BCUT2D eigenvalue weighted by atomic mass is 19.2. The average Bonchev–Trinajstić information content (AvgIpc) is 2.87. The van der Waals surface area contributed by atoms with Gasteiger partial charge in [0.25, 0.3) is 0 Å². The number of benzene rings is 1. The summed E-state index contributed by atoms with van der Waals surface area (Å²) in [6, 6.07) is 4.44. The molecule has 0 amide bonds. The van der Waals surface area contributed by atoms with Gasteiger partial charge in [0.1, 0.15) is 0 Å². The van der Waals surface area contributed by atoms with Gasteiger partial charge in [-0.15, -0.1) is 0 Å². The van der Waals surface area contributed by atoms with Gasteiger partial charge in [-0.3, -0.25) is 4.99 Å². The number of hydrogen-bond donors (Lipinski definition) is 1. The highest BCUT2D eigenvalue weighted by Gasteiger charge is 2.38. The zero-order chi connectivity index (χ0) is 14.9. The molecule has 2 fully saturated rings.